The number of benzene rings is 1. The zero-order valence-electron chi connectivity index (χ0n) is 13.0. The summed E-state index contributed by atoms with van der Waals surface area (Å²) in [6.07, 6.45) is 1.70. The first-order valence-electron chi connectivity index (χ1n) is 7.33. The van der Waals surface area contributed by atoms with Crippen molar-refractivity contribution in [2.75, 3.05) is 0 Å². The molecular weight excluding hydrogens is 294 g/mol. The van der Waals surface area contributed by atoms with Gasteiger partial charge in [-0.3, -0.25) is 4.57 Å². The third-order valence-corrected chi connectivity index (χ3v) is 4.33. The van der Waals surface area contributed by atoms with Crippen molar-refractivity contribution < 1.29 is 4.42 Å². The monoisotopic (exact) mass is 313 g/mol. The maximum atomic E-state index is 5.43. The van der Waals surface area contributed by atoms with Gasteiger partial charge in [-0.05, 0) is 18.6 Å². The van der Waals surface area contributed by atoms with E-state index in [1.165, 1.54) is 5.56 Å². The van der Waals surface area contributed by atoms with Crippen molar-refractivity contribution in [2.45, 2.75) is 37.7 Å². The Balaban J connectivity index is 2.03. The van der Waals surface area contributed by atoms with Crippen LogP contribution in [0.3, 0.4) is 0 Å². The average molecular weight is 313 g/mol. The zero-order chi connectivity index (χ0) is 15.5. The van der Waals surface area contributed by atoms with Gasteiger partial charge in [0.05, 0.1) is 18.4 Å². The van der Waals surface area contributed by atoms with Gasteiger partial charge in [0, 0.05) is 5.25 Å². The number of hydrogen-bond acceptors (Lipinski definition) is 4. The molecule has 0 N–H and O–H groups in total. The summed E-state index contributed by atoms with van der Waals surface area (Å²) in [6, 6.07) is 12.3. The highest BCUT2D eigenvalue weighted by Crippen LogP contribution is 2.29. The van der Waals surface area contributed by atoms with Gasteiger partial charge >= 0.3 is 0 Å². The molecule has 0 saturated heterocycles. The van der Waals surface area contributed by atoms with E-state index >= 15 is 0 Å². The Bertz CT molecular complexity index is 746. The quantitative estimate of drug-likeness (QED) is 0.655. The van der Waals surface area contributed by atoms with Crippen molar-refractivity contribution >= 4 is 11.8 Å². The van der Waals surface area contributed by atoms with Crippen LogP contribution in [0.5, 0.6) is 0 Å². The summed E-state index contributed by atoms with van der Waals surface area (Å²) in [6.45, 7) is 7.03. The summed E-state index contributed by atoms with van der Waals surface area (Å²) < 4.78 is 7.59. The van der Waals surface area contributed by atoms with Gasteiger partial charge in [0.1, 0.15) is 5.76 Å². The molecular formula is C17H19N3OS. The summed E-state index contributed by atoms with van der Waals surface area (Å²) >= 11 is 1.73. The second kappa shape index (κ2) is 6.40. The summed E-state index contributed by atoms with van der Waals surface area (Å²) in [4.78, 5) is 0. The molecule has 2 aromatic heterocycles. The molecule has 0 saturated carbocycles. The Hall–Kier alpha value is -2.01. The Morgan fingerprint density at radius 1 is 1.14 bits per heavy atom. The first-order chi connectivity index (χ1) is 10.6. The van der Waals surface area contributed by atoms with Gasteiger partial charge in [0.25, 0.3) is 0 Å². The molecule has 2 heterocycles. The van der Waals surface area contributed by atoms with Crippen molar-refractivity contribution in [1.82, 2.24) is 14.8 Å². The molecule has 22 heavy (non-hydrogen) atoms. The topological polar surface area (TPSA) is 43.9 Å². The van der Waals surface area contributed by atoms with Crippen molar-refractivity contribution in [3.8, 4) is 11.4 Å². The highest BCUT2D eigenvalue weighted by Gasteiger charge is 2.18. The third-order valence-electron chi connectivity index (χ3n) is 3.34. The summed E-state index contributed by atoms with van der Waals surface area (Å²) in [5, 5.41) is 10.2. The van der Waals surface area contributed by atoms with E-state index in [1.54, 1.807) is 18.0 Å². The fourth-order valence-electron chi connectivity index (χ4n) is 2.31. The van der Waals surface area contributed by atoms with Crippen LogP contribution in [0.4, 0.5) is 0 Å². The first kappa shape index (κ1) is 14.9. The first-order valence-corrected chi connectivity index (χ1v) is 8.21. The van der Waals surface area contributed by atoms with Gasteiger partial charge in [-0.25, -0.2) is 0 Å². The Morgan fingerprint density at radius 3 is 2.55 bits per heavy atom. The minimum atomic E-state index is 0.456. The molecule has 4 nitrogen and oxygen atoms in total. The molecule has 5 heteroatoms. The van der Waals surface area contributed by atoms with Crippen LogP contribution in [0.2, 0.25) is 0 Å². The average Bonchev–Trinajstić information content (AvgIpc) is 3.07. The van der Waals surface area contributed by atoms with Crippen LogP contribution in [0.15, 0.2) is 52.2 Å². The SMILES string of the molecule is Cc1occc1-c1nnc(SC(C)C)n1Cc1ccccc1. The van der Waals surface area contributed by atoms with E-state index in [4.69, 9.17) is 4.42 Å². The number of aryl methyl sites for hydroxylation is 1. The Labute approximate surface area is 134 Å². The lowest BCUT2D eigenvalue weighted by atomic mass is 10.2. The molecule has 114 valence electrons. The lowest BCUT2D eigenvalue weighted by Gasteiger charge is -2.11. The van der Waals surface area contributed by atoms with Gasteiger partial charge in [-0.1, -0.05) is 55.9 Å². The van der Waals surface area contributed by atoms with E-state index in [2.05, 4.69) is 52.9 Å². The standard InChI is InChI=1S/C17H19N3OS/c1-12(2)22-17-19-18-16(15-9-10-21-13(15)3)20(17)11-14-7-5-4-6-8-14/h4-10,12H,11H2,1-3H3. The molecule has 0 radical (unpaired) electrons. The largest absolute Gasteiger partial charge is 0.469 e. The smallest absolute Gasteiger partial charge is 0.192 e. The van der Waals surface area contributed by atoms with E-state index in [0.717, 1.165) is 28.8 Å². The van der Waals surface area contributed by atoms with Crippen LogP contribution >= 0.6 is 11.8 Å². The molecule has 1 aromatic carbocycles. The maximum absolute atomic E-state index is 5.43. The summed E-state index contributed by atoms with van der Waals surface area (Å²) in [5.41, 5.74) is 2.23. The number of rotatable bonds is 5. The van der Waals surface area contributed by atoms with Crippen molar-refractivity contribution in [3.05, 3.63) is 54.0 Å². The fraction of sp³-hybridized carbons (Fsp3) is 0.294. The predicted octanol–water partition coefficient (Wildman–Crippen LogP) is 4.40. The van der Waals surface area contributed by atoms with Gasteiger partial charge in [-0.2, -0.15) is 0 Å². The van der Waals surface area contributed by atoms with Crippen molar-refractivity contribution in [2.24, 2.45) is 0 Å². The maximum Gasteiger partial charge on any atom is 0.192 e. The molecule has 3 aromatic rings. The molecule has 0 atom stereocenters. The molecule has 0 spiro atoms. The second-order valence-electron chi connectivity index (χ2n) is 5.43. The number of hydrogen-bond donors (Lipinski definition) is 0. The van der Waals surface area contributed by atoms with Gasteiger partial charge in [0.2, 0.25) is 0 Å². The second-order valence-corrected chi connectivity index (χ2v) is 6.98. The van der Waals surface area contributed by atoms with E-state index < -0.39 is 0 Å². The molecule has 0 aliphatic carbocycles. The highest BCUT2D eigenvalue weighted by molar-refractivity contribution is 7.99. The number of aromatic nitrogens is 3. The van der Waals surface area contributed by atoms with Crippen molar-refractivity contribution in [1.29, 1.82) is 0 Å². The van der Waals surface area contributed by atoms with E-state index in [1.807, 2.05) is 19.1 Å². The van der Waals surface area contributed by atoms with Crippen LogP contribution in [0.25, 0.3) is 11.4 Å². The molecule has 3 rings (SSSR count). The van der Waals surface area contributed by atoms with Crippen LogP contribution in [-0.2, 0) is 6.54 Å². The minimum Gasteiger partial charge on any atom is -0.469 e. The molecule has 0 aliphatic heterocycles. The number of thioether (sulfide) groups is 1. The lowest BCUT2D eigenvalue weighted by Crippen LogP contribution is -2.05. The number of furan rings is 1. The Kier molecular flexibility index (Phi) is 4.34. The summed E-state index contributed by atoms with van der Waals surface area (Å²) in [7, 11) is 0. The third kappa shape index (κ3) is 3.09. The van der Waals surface area contributed by atoms with Gasteiger partial charge in [-0.15, -0.1) is 10.2 Å². The molecule has 0 unspecified atom stereocenters. The molecule has 0 fully saturated rings. The number of nitrogens with zero attached hydrogens (tertiary/aromatic N) is 3. The Morgan fingerprint density at radius 2 is 1.91 bits per heavy atom. The normalized spacial score (nSPS) is 11.3. The predicted molar refractivity (Wildman–Crippen MR) is 89.0 cm³/mol. The van der Waals surface area contributed by atoms with E-state index in [-0.39, 0.29) is 0 Å². The van der Waals surface area contributed by atoms with Gasteiger partial charge < -0.3 is 4.42 Å². The molecule has 0 amide bonds. The van der Waals surface area contributed by atoms with Crippen LogP contribution in [0, 0.1) is 6.92 Å². The lowest BCUT2D eigenvalue weighted by molar-refractivity contribution is 0.534. The fourth-order valence-corrected chi connectivity index (χ4v) is 3.10. The molecule has 0 bridgehead atoms. The van der Waals surface area contributed by atoms with Crippen LogP contribution in [-0.4, -0.2) is 20.0 Å². The highest BCUT2D eigenvalue weighted by atomic mass is 32.2. The van der Waals surface area contributed by atoms with E-state index in [0.29, 0.717) is 5.25 Å². The summed E-state index contributed by atoms with van der Waals surface area (Å²) in [5.74, 6) is 1.72. The minimum absolute atomic E-state index is 0.456. The van der Waals surface area contributed by atoms with E-state index in [9.17, 15) is 0 Å². The zero-order valence-corrected chi connectivity index (χ0v) is 13.8. The van der Waals surface area contributed by atoms with Crippen molar-refractivity contribution in [3.63, 3.8) is 0 Å². The molecule has 0 aliphatic rings. The van der Waals surface area contributed by atoms with Crippen LogP contribution < -0.4 is 0 Å². The van der Waals surface area contributed by atoms with Crippen LogP contribution in [0.1, 0.15) is 25.2 Å². The van der Waals surface area contributed by atoms with Gasteiger partial charge in [0.15, 0.2) is 11.0 Å².